The fourth-order valence-corrected chi connectivity index (χ4v) is 3.03. The molecule has 1 aromatic rings. The molecule has 1 saturated carbocycles. The number of carbonyl (C=O) groups is 3. The lowest BCUT2D eigenvalue weighted by atomic mass is 10.1. The third-order valence-corrected chi connectivity index (χ3v) is 4.63. The van der Waals surface area contributed by atoms with Gasteiger partial charge in [0, 0.05) is 32.0 Å². The second-order valence-corrected chi connectivity index (χ2v) is 6.62. The van der Waals surface area contributed by atoms with Gasteiger partial charge < -0.3 is 15.5 Å². The Hall–Kier alpha value is -2.08. The van der Waals surface area contributed by atoms with Crippen molar-refractivity contribution in [1.82, 2.24) is 10.6 Å². The summed E-state index contributed by atoms with van der Waals surface area (Å²) in [4.78, 5) is 37.4. The van der Waals surface area contributed by atoms with Crippen LogP contribution in [0.4, 0.5) is 5.69 Å². The number of para-hydroxylation sites is 1. The molecule has 1 atom stereocenters. The molecule has 1 heterocycles. The molecular formula is C17H20ClN3O3. The van der Waals surface area contributed by atoms with E-state index in [2.05, 4.69) is 10.6 Å². The largest absolute Gasteiger partial charge is 0.354 e. The molecule has 1 aromatic carbocycles. The minimum atomic E-state index is -0.395. The molecule has 2 N–H and O–H groups in total. The zero-order chi connectivity index (χ0) is 17.1. The second kappa shape index (κ2) is 7.21. The predicted octanol–water partition coefficient (Wildman–Crippen LogP) is 1.34. The summed E-state index contributed by atoms with van der Waals surface area (Å²) in [6.45, 7) is 1.10. The molecule has 128 valence electrons. The van der Waals surface area contributed by atoms with Gasteiger partial charge in [0.05, 0.1) is 16.6 Å². The Kier molecular flexibility index (Phi) is 5.04. The van der Waals surface area contributed by atoms with Gasteiger partial charge in [0.2, 0.25) is 17.7 Å². The number of nitrogens with zero attached hydrogens (tertiary/aromatic N) is 1. The fourth-order valence-electron chi connectivity index (χ4n) is 2.79. The topological polar surface area (TPSA) is 78.5 Å². The van der Waals surface area contributed by atoms with E-state index in [1.807, 2.05) is 6.07 Å². The van der Waals surface area contributed by atoms with Crippen molar-refractivity contribution < 1.29 is 14.4 Å². The van der Waals surface area contributed by atoms with Gasteiger partial charge in [0.15, 0.2) is 0 Å². The van der Waals surface area contributed by atoms with Crippen LogP contribution in [0.2, 0.25) is 5.02 Å². The van der Waals surface area contributed by atoms with Crippen LogP contribution in [-0.2, 0) is 14.4 Å². The van der Waals surface area contributed by atoms with E-state index in [0.717, 1.165) is 12.8 Å². The zero-order valence-corrected chi connectivity index (χ0v) is 14.0. The fraction of sp³-hybridized carbons (Fsp3) is 0.471. The number of benzene rings is 1. The summed E-state index contributed by atoms with van der Waals surface area (Å²) >= 11 is 6.12. The number of amides is 3. The van der Waals surface area contributed by atoms with Gasteiger partial charge in [-0.3, -0.25) is 14.4 Å². The molecule has 1 aliphatic heterocycles. The van der Waals surface area contributed by atoms with E-state index in [4.69, 9.17) is 11.6 Å². The molecule has 24 heavy (non-hydrogen) atoms. The van der Waals surface area contributed by atoms with Crippen LogP contribution in [0.1, 0.15) is 19.3 Å². The molecule has 1 aliphatic carbocycles. The summed E-state index contributed by atoms with van der Waals surface area (Å²) in [5.74, 6) is -0.445. The normalized spacial score (nSPS) is 20.1. The van der Waals surface area contributed by atoms with Crippen LogP contribution in [0.3, 0.4) is 0 Å². The van der Waals surface area contributed by atoms with Crippen LogP contribution in [0.5, 0.6) is 0 Å². The van der Waals surface area contributed by atoms with Crippen LogP contribution in [0.15, 0.2) is 24.3 Å². The van der Waals surface area contributed by atoms with Crippen LogP contribution in [-0.4, -0.2) is 37.4 Å². The van der Waals surface area contributed by atoms with E-state index in [0.29, 0.717) is 30.3 Å². The minimum Gasteiger partial charge on any atom is -0.354 e. The molecule has 1 saturated heterocycles. The van der Waals surface area contributed by atoms with E-state index in [1.54, 1.807) is 23.1 Å². The lowest BCUT2D eigenvalue weighted by molar-refractivity contribution is -0.126. The SMILES string of the molecule is O=C(NCCNC(=O)[C@H]1CC(=O)N(c2ccccc2Cl)C1)C1CC1. The molecule has 0 aromatic heterocycles. The highest BCUT2D eigenvalue weighted by Crippen LogP contribution is 2.31. The average Bonchev–Trinajstić information content (AvgIpc) is 3.35. The van der Waals surface area contributed by atoms with Gasteiger partial charge in [-0.15, -0.1) is 0 Å². The smallest absolute Gasteiger partial charge is 0.227 e. The zero-order valence-electron chi connectivity index (χ0n) is 13.3. The monoisotopic (exact) mass is 349 g/mol. The van der Waals surface area contributed by atoms with Crippen molar-refractivity contribution in [3.63, 3.8) is 0 Å². The number of carbonyl (C=O) groups excluding carboxylic acids is 3. The molecule has 7 heteroatoms. The summed E-state index contributed by atoms with van der Waals surface area (Å²) in [5, 5.41) is 6.07. The first kappa shape index (κ1) is 16.8. The highest BCUT2D eigenvalue weighted by molar-refractivity contribution is 6.33. The Balaban J connectivity index is 1.47. The van der Waals surface area contributed by atoms with Gasteiger partial charge in [0.1, 0.15) is 0 Å². The predicted molar refractivity (Wildman–Crippen MR) is 90.7 cm³/mol. The van der Waals surface area contributed by atoms with Crippen molar-refractivity contribution in [1.29, 1.82) is 0 Å². The van der Waals surface area contributed by atoms with Gasteiger partial charge >= 0.3 is 0 Å². The van der Waals surface area contributed by atoms with Gasteiger partial charge in [-0.2, -0.15) is 0 Å². The van der Waals surface area contributed by atoms with Crippen molar-refractivity contribution in [2.24, 2.45) is 11.8 Å². The van der Waals surface area contributed by atoms with E-state index in [1.165, 1.54) is 0 Å². The van der Waals surface area contributed by atoms with Gasteiger partial charge in [-0.05, 0) is 25.0 Å². The molecule has 2 fully saturated rings. The summed E-state index contributed by atoms with van der Waals surface area (Å²) in [7, 11) is 0. The minimum absolute atomic E-state index is 0.0604. The molecule has 0 spiro atoms. The highest BCUT2D eigenvalue weighted by Gasteiger charge is 2.35. The summed E-state index contributed by atoms with van der Waals surface area (Å²) in [6.07, 6.45) is 2.09. The molecule has 3 rings (SSSR count). The van der Waals surface area contributed by atoms with Crippen LogP contribution in [0, 0.1) is 11.8 Å². The second-order valence-electron chi connectivity index (χ2n) is 6.21. The van der Waals surface area contributed by atoms with E-state index >= 15 is 0 Å². The maximum absolute atomic E-state index is 12.2. The standard InChI is InChI=1S/C17H20ClN3O3/c18-13-3-1-2-4-14(13)21-10-12(9-15(21)22)17(24)20-8-7-19-16(23)11-5-6-11/h1-4,11-12H,5-10H2,(H,19,23)(H,20,24)/t12-/m0/s1. The molecular weight excluding hydrogens is 330 g/mol. The van der Waals surface area contributed by atoms with Crippen molar-refractivity contribution in [2.45, 2.75) is 19.3 Å². The first-order valence-electron chi connectivity index (χ1n) is 8.16. The molecule has 6 nitrogen and oxygen atoms in total. The van der Waals surface area contributed by atoms with Crippen LogP contribution < -0.4 is 15.5 Å². The number of nitrogens with one attached hydrogen (secondary N) is 2. The first-order chi connectivity index (χ1) is 11.6. The molecule has 0 unspecified atom stereocenters. The summed E-state index contributed by atoms with van der Waals surface area (Å²) < 4.78 is 0. The van der Waals surface area contributed by atoms with E-state index < -0.39 is 5.92 Å². The third-order valence-electron chi connectivity index (χ3n) is 4.31. The third kappa shape index (κ3) is 3.87. The van der Waals surface area contributed by atoms with Crippen LogP contribution in [0.25, 0.3) is 0 Å². The number of halogens is 1. The van der Waals surface area contributed by atoms with Crippen molar-refractivity contribution in [2.75, 3.05) is 24.5 Å². The molecule has 2 aliphatic rings. The maximum atomic E-state index is 12.2. The lowest BCUT2D eigenvalue weighted by Gasteiger charge is -2.18. The Labute approximate surface area is 145 Å². The van der Waals surface area contributed by atoms with E-state index in [-0.39, 0.29) is 30.1 Å². The Morgan fingerprint density at radius 2 is 1.71 bits per heavy atom. The van der Waals surface area contributed by atoms with Gasteiger partial charge in [-0.25, -0.2) is 0 Å². The highest BCUT2D eigenvalue weighted by atomic mass is 35.5. The van der Waals surface area contributed by atoms with Crippen LogP contribution >= 0.6 is 11.6 Å². The number of hydrogen-bond donors (Lipinski definition) is 2. The molecule has 3 amide bonds. The maximum Gasteiger partial charge on any atom is 0.227 e. The molecule has 0 bridgehead atoms. The van der Waals surface area contributed by atoms with Crippen molar-refractivity contribution in [3.8, 4) is 0 Å². The molecule has 0 radical (unpaired) electrons. The summed E-state index contributed by atoms with van der Waals surface area (Å²) in [6, 6.07) is 7.10. The summed E-state index contributed by atoms with van der Waals surface area (Å²) in [5.41, 5.74) is 0.635. The van der Waals surface area contributed by atoms with Crippen molar-refractivity contribution >= 4 is 35.0 Å². The Bertz CT molecular complexity index is 660. The van der Waals surface area contributed by atoms with Crippen molar-refractivity contribution in [3.05, 3.63) is 29.3 Å². The number of rotatable bonds is 6. The first-order valence-corrected chi connectivity index (χ1v) is 8.54. The van der Waals surface area contributed by atoms with Gasteiger partial charge in [0.25, 0.3) is 0 Å². The number of anilines is 1. The Morgan fingerprint density at radius 3 is 2.33 bits per heavy atom. The average molecular weight is 350 g/mol. The quantitative estimate of drug-likeness (QED) is 0.761. The number of hydrogen-bond acceptors (Lipinski definition) is 3. The van der Waals surface area contributed by atoms with Gasteiger partial charge in [-0.1, -0.05) is 23.7 Å². The van der Waals surface area contributed by atoms with E-state index in [9.17, 15) is 14.4 Å². The lowest BCUT2D eigenvalue weighted by Crippen LogP contribution is -2.38. The Morgan fingerprint density at radius 1 is 1.08 bits per heavy atom.